The molecule has 2 aliphatic heterocycles. The predicted octanol–water partition coefficient (Wildman–Crippen LogP) is 4.54. The van der Waals surface area contributed by atoms with Crippen molar-refractivity contribution in [3.63, 3.8) is 0 Å². The lowest BCUT2D eigenvalue weighted by Gasteiger charge is -2.48. The largest absolute Gasteiger partial charge is 0.354 e. The summed E-state index contributed by atoms with van der Waals surface area (Å²) in [4.78, 5) is 30.4. The molecule has 3 aliphatic rings. The average molecular weight is 441 g/mol. The highest BCUT2D eigenvalue weighted by Crippen LogP contribution is 2.35. The number of likely N-dealkylation sites (tertiary alicyclic amines) is 2. The van der Waals surface area contributed by atoms with Gasteiger partial charge in [-0.2, -0.15) is 0 Å². The van der Waals surface area contributed by atoms with Gasteiger partial charge in [0.05, 0.1) is 5.92 Å². The topological polar surface area (TPSA) is 64.7 Å². The van der Waals surface area contributed by atoms with Crippen LogP contribution < -0.4 is 10.6 Å². The standard InChI is InChI=1S/C26H40N4O2/c1-21-10-8-12-23(18-21)28-25(32)29-15-9-11-22(19-29)24(31)27-20-26(13-4-2-5-14-26)30-16-6-3-7-17-30/h8,10,12,18,22H,2-7,9,11,13-17,19-20H2,1H3,(H,27,31)(H,28,32). The lowest BCUT2D eigenvalue weighted by molar-refractivity contribution is -0.127. The quantitative estimate of drug-likeness (QED) is 0.706. The van der Waals surface area contributed by atoms with Crippen molar-refractivity contribution in [1.82, 2.24) is 15.1 Å². The van der Waals surface area contributed by atoms with Crippen molar-refractivity contribution in [2.75, 3.05) is 38.0 Å². The van der Waals surface area contributed by atoms with Crippen molar-refractivity contribution in [3.8, 4) is 0 Å². The molecule has 32 heavy (non-hydrogen) atoms. The number of urea groups is 1. The molecule has 176 valence electrons. The first-order chi connectivity index (χ1) is 15.6. The van der Waals surface area contributed by atoms with Gasteiger partial charge in [-0.3, -0.25) is 9.69 Å². The van der Waals surface area contributed by atoms with Crippen LogP contribution in [0.2, 0.25) is 0 Å². The molecule has 1 unspecified atom stereocenters. The number of carbonyl (C=O) groups excluding carboxylic acids is 2. The molecular weight excluding hydrogens is 400 g/mol. The third-order valence-electron chi connectivity index (χ3n) is 7.75. The van der Waals surface area contributed by atoms with Crippen LogP contribution in [0.5, 0.6) is 0 Å². The maximum atomic E-state index is 13.1. The first-order valence-corrected chi connectivity index (χ1v) is 12.7. The number of nitrogens with zero attached hydrogens (tertiary/aromatic N) is 2. The van der Waals surface area contributed by atoms with Crippen LogP contribution in [-0.4, -0.2) is 60.0 Å². The molecule has 1 saturated carbocycles. The Labute approximate surface area is 193 Å². The first-order valence-electron chi connectivity index (χ1n) is 12.7. The van der Waals surface area contributed by atoms with Crippen LogP contribution in [0.3, 0.4) is 0 Å². The highest BCUT2D eigenvalue weighted by atomic mass is 16.2. The molecule has 6 heteroatoms. The maximum Gasteiger partial charge on any atom is 0.321 e. The van der Waals surface area contributed by atoms with Crippen LogP contribution in [0.15, 0.2) is 24.3 Å². The van der Waals surface area contributed by atoms with E-state index < -0.39 is 0 Å². The van der Waals surface area contributed by atoms with Crippen LogP contribution in [-0.2, 0) is 4.79 Å². The third-order valence-corrected chi connectivity index (χ3v) is 7.75. The number of hydrogen-bond donors (Lipinski definition) is 2. The molecule has 1 aromatic carbocycles. The van der Waals surface area contributed by atoms with Crippen molar-refractivity contribution in [1.29, 1.82) is 0 Å². The summed E-state index contributed by atoms with van der Waals surface area (Å²) in [6, 6.07) is 7.73. The highest BCUT2D eigenvalue weighted by Gasteiger charge is 2.39. The Bertz CT molecular complexity index is 784. The van der Waals surface area contributed by atoms with Gasteiger partial charge in [0, 0.05) is 30.9 Å². The Kier molecular flexibility index (Phi) is 7.71. The highest BCUT2D eigenvalue weighted by molar-refractivity contribution is 5.90. The number of anilines is 1. The Morgan fingerprint density at radius 2 is 1.75 bits per heavy atom. The normalized spacial score (nSPS) is 24.0. The molecule has 0 bridgehead atoms. The van der Waals surface area contributed by atoms with Crippen molar-refractivity contribution in [3.05, 3.63) is 29.8 Å². The second-order valence-corrected chi connectivity index (χ2v) is 10.1. The fraction of sp³-hybridized carbons (Fsp3) is 0.692. The van der Waals surface area contributed by atoms with E-state index in [-0.39, 0.29) is 23.4 Å². The van der Waals surface area contributed by atoms with Gasteiger partial charge >= 0.3 is 6.03 Å². The summed E-state index contributed by atoms with van der Waals surface area (Å²) in [5.74, 6) is 0.00835. The molecule has 0 radical (unpaired) electrons. The van der Waals surface area contributed by atoms with Gasteiger partial charge in [-0.25, -0.2) is 4.79 Å². The molecule has 4 rings (SSSR count). The van der Waals surface area contributed by atoms with Crippen molar-refractivity contribution < 1.29 is 9.59 Å². The molecule has 3 amide bonds. The zero-order chi connectivity index (χ0) is 22.4. The van der Waals surface area contributed by atoms with E-state index in [0.29, 0.717) is 13.1 Å². The lowest BCUT2D eigenvalue weighted by Crippen LogP contribution is -2.59. The van der Waals surface area contributed by atoms with E-state index in [9.17, 15) is 9.59 Å². The zero-order valence-corrected chi connectivity index (χ0v) is 19.7. The molecule has 1 atom stereocenters. The molecule has 2 heterocycles. The van der Waals surface area contributed by atoms with E-state index >= 15 is 0 Å². The van der Waals surface area contributed by atoms with Gasteiger partial charge in [-0.1, -0.05) is 37.8 Å². The number of benzene rings is 1. The smallest absolute Gasteiger partial charge is 0.321 e. The fourth-order valence-electron chi connectivity index (χ4n) is 5.88. The molecule has 3 fully saturated rings. The number of hydrogen-bond acceptors (Lipinski definition) is 3. The molecular formula is C26H40N4O2. The minimum Gasteiger partial charge on any atom is -0.354 e. The van der Waals surface area contributed by atoms with E-state index in [2.05, 4.69) is 15.5 Å². The number of amides is 3. The summed E-state index contributed by atoms with van der Waals surface area (Å²) in [5.41, 5.74) is 2.07. The third kappa shape index (κ3) is 5.64. The van der Waals surface area contributed by atoms with E-state index in [0.717, 1.165) is 30.6 Å². The van der Waals surface area contributed by atoms with E-state index in [1.54, 1.807) is 4.90 Å². The lowest BCUT2D eigenvalue weighted by atomic mass is 9.79. The van der Waals surface area contributed by atoms with Crippen LogP contribution in [0.4, 0.5) is 10.5 Å². The van der Waals surface area contributed by atoms with Crippen LogP contribution in [0.25, 0.3) is 0 Å². The molecule has 2 N–H and O–H groups in total. The Morgan fingerprint density at radius 3 is 2.50 bits per heavy atom. The minimum absolute atomic E-state index is 0.106. The maximum absolute atomic E-state index is 13.1. The number of aryl methyl sites for hydroxylation is 1. The minimum atomic E-state index is -0.117. The Hall–Kier alpha value is -2.08. The van der Waals surface area contributed by atoms with Crippen molar-refractivity contribution in [2.24, 2.45) is 5.92 Å². The number of rotatable bonds is 5. The number of piperidine rings is 2. The summed E-state index contributed by atoms with van der Waals surface area (Å²) in [6.45, 7) is 6.33. The average Bonchev–Trinajstić information content (AvgIpc) is 2.84. The van der Waals surface area contributed by atoms with Gasteiger partial charge in [-0.05, 0) is 76.2 Å². The van der Waals surface area contributed by atoms with Gasteiger partial charge in [0.25, 0.3) is 0 Å². The second-order valence-electron chi connectivity index (χ2n) is 10.1. The van der Waals surface area contributed by atoms with Crippen LogP contribution in [0.1, 0.15) is 69.8 Å². The summed E-state index contributed by atoms with van der Waals surface area (Å²) < 4.78 is 0. The predicted molar refractivity (Wildman–Crippen MR) is 129 cm³/mol. The van der Waals surface area contributed by atoms with Gasteiger partial charge in [0.15, 0.2) is 0 Å². The van der Waals surface area contributed by atoms with Crippen LogP contribution in [0, 0.1) is 12.8 Å². The molecule has 1 aliphatic carbocycles. The molecule has 1 aromatic rings. The van der Waals surface area contributed by atoms with E-state index in [1.807, 2.05) is 31.2 Å². The summed E-state index contributed by atoms with van der Waals surface area (Å²) in [6.07, 6.45) is 11.9. The second kappa shape index (κ2) is 10.7. The molecule has 6 nitrogen and oxygen atoms in total. The van der Waals surface area contributed by atoms with Gasteiger partial charge in [0.1, 0.15) is 0 Å². The summed E-state index contributed by atoms with van der Waals surface area (Å²) in [5, 5.41) is 6.33. The van der Waals surface area contributed by atoms with Gasteiger partial charge < -0.3 is 15.5 Å². The molecule has 0 aromatic heterocycles. The first kappa shape index (κ1) is 23.1. The van der Waals surface area contributed by atoms with Crippen LogP contribution >= 0.6 is 0 Å². The fourth-order valence-corrected chi connectivity index (χ4v) is 5.88. The molecule has 2 saturated heterocycles. The number of nitrogens with one attached hydrogen (secondary N) is 2. The summed E-state index contributed by atoms with van der Waals surface area (Å²) >= 11 is 0. The summed E-state index contributed by atoms with van der Waals surface area (Å²) in [7, 11) is 0. The monoisotopic (exact) mass is 440 g/mol. The van der Waals surface area contributed by atoms with Crippen molar-refractivity contribution >= 4 is 17.6 Å². The molecule has 0 spiro atoms. The Balaban J connectivity index is 1.32. The number of carbonyl (C=O) groups is 2. The Morgan fingerprint density at radius 1 is 1.00 bits per heavy atom. The zero-order valence-electron chi connectivity index (χ0n) is 19.7. The SMILES string of the molecule is Cc1cccc(NC(=O)N2CCCC(C(=O)NCC3(N4CCCCC4)CCCCC3)C2)c1. The van der Waals surface area contributed by atoms with Crippen molar-refractivity contribution in [2.45, 2.75) is 76.7 Å². The van der Waals surface area contributed by atoms with E-state index in [4.69, 9.17) is 0 Å². The van der Waals surface area contributed by atoms with E-state index in [1.165, 1.54) is 64.5 Å². The van der Waals surface area contributed by atoms with Gasteiger partial charge in [0.2, 0.25) is 5.91 Å². The van der Waals surface area contributed by atoms with Gasteiger partial charge in [-0.15, -0.1) is 0 Å².